The Morgan fingerprint density at radius 2 is 1.93 bits per heavy atom. The summed E-state index contributed by atoms with van der Waals surface area (Å²) in [6.45, 7) is 5.30. The maximum atomic E-state index is 6.74. The minimum atomic E-state index is -0.424. The summed E-state index contributed by atoms with van der Waals surface area (Å²) in [6.07, 6.45) is 2.70. The Labute approximate surface area is 176 Å². The number of likely N-dealkylation sites (tertiary alicyclic amines) is 1. The van der Waals surface area contributed by atoms with Gasteiger partial charge in [0, 0.05) is 42.9 Å². The Morgan fingerprint density at radius 3 is 2.62 bits per heavy atom. The quantitative estimate of drug-likeness (QED) is 0.733. The number of halogens is 1. The van der Waals surface area contributed by atoms with Crippen molar-refractivity contribution in [2.45, 2.75) is 38.0 Å². The average molecular weight is 412 g/mol. The van der Waals surface area contributed by atoms with Crippen LogP contribution in [0.15, 0.2) is 47.6 Å². The minimum Gasteiger partial charge on any atom is -0.493 e. The molecule has 1 fully saturated rings. The highest BCUT2D eigenvalue weighted by atomic mass is 35.5. The molecule has 2 aromatic carbocycles. The fourth-order valence-corrected chi connectivity index (χ4v) is 4.92. The van der Waals surface area contributed by atoms with E-state index in [2.05, 4.69) is 35.0 Å². The molecule has 0 saturated carbocycles. The molecule has 0 aliphatic carbocycles. The van der Waals surface area contributed by atoms with Crippen molar-refractivity contribution < 1.29 is 9.47 Å². The highest BCUT2D eigenvalue weighted by Gasteiger charge is 2.52. The summed E-state index contributed by atoms with van der Waals surface area (Å²) in [5, 5.41) is 8.10. The topological polar surface area (TPSA) is 37.3 Å². The molecule has 0 aromatic heterocycles. The van der Waals surface area contributed by atoms with Crippen LogP contribution in [0.1, 0.15) is 43.4 Å². The summed E-state index contributed by atoms with van der Waals surface area (Å²) in [4.78, 5) is 2.47. The van der Waals surface area contributed by atoms with Crippen molar-refractivity contribution in [3.8, 4) is 11.5 Å². The second kappa shape index (κ2) is 7.22. The normalized spacial score (nSPS) is 22.7. The van der Waals surface area contributed by atoms with Crippen LogP contribution in [-0.4, -0.2) is 48.1 Å². The number of para-hydroxylation sites is 1. The number of piperidine rings is 1. The van der Waals surface area contributed by atoms with Crippen LogP contribution < -0.4 is 9.47 Å². The number of hydrazone groups is 1. The van der Waals surface area contributed by atoms with Crippen LogP contribution in [-0.2, 0) is 0 Å². The van der Waals surface area contributed by atoms with Gasteiger partial charge in [0.2, 0.25) is 5.72 Å². The zero-order valence-electron chi connectivity index (χ0n) is 16.9. The molecule has 29 heavy (non-hydrogen) atoms. The van der Waals surface area contributed by atoms with E-state index in [0.717, 1.165) is 72.3 Å². The molecule has 1 saturated heterocycles. The van der Waals surface area contributed by atoms with Crippen molar-refractivity contribution in [1.82, 2.24) is 9.91 Å². The lowest BCUT2D eigenvalue weighted by atomic mass is 9.90. The highest BCUT2D eigenvalue weighted by molar-refractivity contribution is 6.30. The zero-order chi connectivity index (χ0) is 20.0. The van der Waals surface area contributed by atoms with Crippen LogP contribution in [0.5, 0.6) is 11.5 Å². The first-order valence-electron chi connectivity index (χ1n) is 10.3. The van der Waals surface area contributed by atoms with E-state index in [0.29, 0.717) is 0 Å². The van der Waals surface area contributed by atoms with Gasteiger partial charge in [-0.1, -0.05) is 42.8 Å². The van der Waals surface area contributed by atoms with E-state index in [1.807, 2.05) is 24.3 Å². The van der Waals surface area contributed by atoms with E-state index in [1.54, 1.807) is 7.11 Å². The zero-order valence-corrected chi connectivity index (χ0v) is 17.7. The number of hydrogen-bond donors (Lipinski definition) is 0. The Hall–Kier alpha value is -2.24. The number of methoxy groups -OCH3 is 1. The van der Waals surface area contributed by atoms with Gasteiger partial charge in [0.25, 0.3) is 0 Å². The van der Waals surface area contributed by atoms with Gasteiger partial charge in [-0.3, -0.25) is 0 Å². The summed E-state index contributed by atoms with van der Waals surface area (Å²) in [5.74, 6) is 1.69. The van der Waals surface area contributed by atoms with Gasteiger partial charge in [0.05, 0.1) is 18.9 Å². The highest BCUT2D eigenvalue weighted by Crippen LogP contribution is 2.52. The first-order valence-corrected chi connectivity index (χ1v) is 10.7. The lowest BCUT2D eigenvalue weighted by Crippen LogP contribution is -2.59. The van der Waals surface area contributed by atoms with E-state index in [9.17, 15) is 0 Å². The largest absolute Gasteiger partial charge is 0.493 e. The van der Waals surface area contributed by atoms with Gasteiger partial charge < -0.3 is 14.4 Å². The van der Waals surface area contributed by atoms with Gasteiger partial charge in [0.1, 0.15) is 0 Å². The maximum absolute atomic E-state index is 6.74. The van der Waals surface area contributed by atoms with Gasteiger partial charge in [-0.05, 0) is 30.3 Å². The number of rotatable bonds is 3. The van der Waals surface area contributed by atoms with Crippen LogP contribution in [0.2, 0.25) is 5.02 Å². The van der Waals surface area contributed by atoms with Crippen molar-refractivity contribution in [3.63, 3.8) is 0 Å². The standard InChI is InChI=1S/C23H26ClN3O2/c1-3-26-13-11-23(12-14-26)27-20(18-5-4-6-21(28-2)22(18)29-23)15-19(25-27)16-7-9-17(24)10-8-16/h4-10,20H,3,11-15H2,1-2H3/t20-/m0/s1. The van der Waals surface area contributed by atoms with Gasteiger partial charge in [-0.25, -0.2) is 5.01 Å². The van der Waals surface area contributed by atoms with Crippen molar-refractivity contribution in [2.24, 2.45) is 5.10 Å². The molecular weight excluding hydrogens is 386 g/mol. The number of hydrogen-bond acceptors (Lipinski definition) is 5. The second-order valence-corrected chi connectivity index (χ2v) is 8.42. The van der Waals surface area contributed by atoms with Gasteiger partial charge in [0.15, 0.2) is 11.5 Å². The minimum absolute atomic E-state index is 0.160. The van der Waals surface area contributed by atoms with Crippen LogP contribution in [0.3, 0.4) is 0 Å². The van der Waals surface area contributed by atoms with Crippen molar-refractivity contribution in [3.05, 3.63) is 58.6 Å². The molecule has 0 amide bonds. The Balaban J connectivity index is 1.57. The fourth-order valence-electron chi connectivity index (χ4n) is 4.80. The second-order valence-electron chi connectivity index (χ2n) is 7.98. The fraction of sp³-hybridized carbons (Fsp3) is 0.435. The van der Waals surface area contributed by atoms with E-state index < -0.39 is 5.72 Å². The van der Waals surface area contributed by atoms with Crippen molar-refractivity contribution in [2.75, 3.05) is 26.7 Å². The molecular formula is C23H26ClN3O2. The third-order valence-corrected chi connectivity index (χ3v) is 6.72. The van der Waals surface area contributed by atoms with Crippen LogP contribution in [0.25, 0.3) is 0 Å². The number of ether oxygens (including phenoxy) is 2. The van der Waals surface area contributed by atoms with Crippen molar-refractivity contribution >= 4 is 17.3 Å². The molecule has 1 atom stereocenters. The number of nitrogens with zero attached hydrogens (tertiary/aromatic N) is 3. The molecule has 3 aliphatic heterocycles. The predicted molar refractivity (Wildman–Crippen MR) is 115 cm³/mol. The Morgan fingerprint density at radius 1 is 1.17 bits per heavy atom. The van der Waals surface area contributed by atoms with E-state index in [1.165, 1.54) is 0 Å². The SMILES string of the molecule is CCN1CCC2(CC1)Oc1c(OC)cccc1[C@@H]1CC(c3ccc(Cl)cc3)=NN12. The molecule has 1 spiro atoms. The van der Waals surface area contributed by atoms with E-state index in [-0.39, 0.29) is 6.04 Å². The molecule has 5 rings (SSSR count). The first kappa shape index (κ1) is 18.8. The summed E-state index contributed by atoms with van der Waals surface area (Å²) in [5.41, 5.74) is 2.94. The molecule has 3 aliphatic rings. The molecule has 152 valence electrons. The Kier molecular flexibility index (Phi) is 4.67. The number of benzene rings is 2. The molecule has 0 bridgehead atoms. The molecule has 5 nitrogen and oxygen atoms in total. The van der Waals surface area contributed by atoms with E-state index >= 15 is 0 Å². The predicted octanol–water partition coefficient (Wildman–Crippen LogP) is 4.70. The molecule has 0 N–H and O–H groups in total. The summed E-state index contributed by atoms with van der Waals surface area (Å²) in [6, 6.07) is 14.3. The average Bonchev–Trinajstić information content (AvgIpc) is 3.21. The van der Waals surface area contributed by atoms with Crippen molar-refractivity contribution in [1.29, 1.82) is 0 Å². The first-order chi connectivity index (χ1) is 14.1. The molecule has 6 heteroatoms. The van der Waals surface area contributed by atoms with E-state index in [4.69, 9.17) is 26.2 Å². The molecule has 0 unspecified atom stereocenters. The monoisotopic (exact) mass is 411 g/mol. The third kappa shape index (κ3) is 3.08. The summed E-state index contributed by atoms with van der Waals surface area (Å²) >= 11 is 6.10. The smallest absolute Gasteiger partial charge is 0.200 e. The van der Waals surface area contributed by atoms with Crippen LogP contribution >= 0.6 is 11.6 Å². The third-order valence-electron chi connectivity index (χ3n) is 6.47. The molecule has 2 aromatic rings. The van der Waals surface area contributed by atoms with Crippen LogP contribution in [0, 0.1) is 0 Å². The lowest BCUT2D eigenvalue weighted by Gasteiger charge is -2.51. The molecule has 3 heterocycles. The Bertz CT molecular complexity index is 936. The summed E-state index contributed by atoms with van der Waals surface area (Å²) < 4.78 is 12.4. The lowest BCUT2D eigenvalue weighted by molar-refractivity contribution is -0.150. The molecule has 0 radical (unpaired) electrons. The van der Waals surface area contributed by atoms with Gasteiger partial charge in [-0.2, -0.15) is 5.10 Å². The van der Waals surface area contributed by atoms with Gasteiger partial charge in [-0.15, -0.1) is 0 Å². The maximum Gasteiger partial charge on any atom is 0.200 e. The van der Waals surface area contributed by atoms with Gasteiger partial charge >= 0.3 is 0 Å². The van der Waals surface area contributed by atoms with Crippen LogP contribution in [0.4, 0.5) is 0 Å². The number of fused-ring (bicyclic) bond motifs is 4. The summed E-state index contributed by atoms with van der Waals surface area (Å²) in [7, 11) is 1.71.